The summed E-state index contributed by atoms with van der Waals surface area (Å²) in [5.41, 5.74) is 3.41. The smallest absolute Gasteiger partial charge is 0.341 e. The molecule has 2 aromatic heterocycles. The second-order valence-electron chi connectivity index (χ2n) is 9.59. The third kappa shape index (κ3) is 3.41. The Kier molecular flexibility index (Phi) is 5.03. The number of aliphatic carboxylic acids is 1. The first kappa shape index (κ1) is 21.6. The molecule has 0 atom stereocenters. The van der Waals surface area contributed by atoms with Crippen LogP contribution >= 0.6 is 0 Å². The summed E-state index contributed by atoms with van der Waals surface area (Å²) in [6.07, 6.45) is 2.70. The Hall–Kier alpha value is -3.22. The largest absolute Gasteiger partial charge is 0.479 e. The lowest BCUT2D eigenvalue weighted by Crippen LogP contribution is -2.37. The lowest BCUT2D eigenvalue weighted by atomic mass is 9.75. The van der Waals surface area contributed by atoms with Crippen molar-refractivity contribution in [1.29, 1.82) is 0 Å². The van der Waals surface area contributed by atoms with E-state index < -0.39 is 11.6 Å². The van der Waals surface area contributed by atoms with Gasteiger partial charge in [-0.1, -0.05) is 13.8 Å². The van der Waals surface area contributed by atoms with Gasteiger partial charge in [0.1, 0.15) is 5.82 Å². The van der Waals surface area contributed by atoms with Crippen molar-refractivity contribution >= 4 is 27.8 Å². The van der Waals surface area contributed by atoms with E-state index in [9.17, 15) is 18.7 Å². The molecule has 7 heteroatoms. The number of aromatic amines is 1. The molecule has 0 radical (unpaired) electrons. The molecule has 0 spiro atoms. The van der Waals surface area contributed by atoms with Crippen molar-refractivity contribution in [1.82, 2.24) is 14.8 Å². The Morgan fingerprint density at radius 1 is 1.24 bits per heavy atom. The Morgan fingerprint density at radius 3 is 2.61 bits per heavy atom. The van der Waals surface area contributed by atoms with Gasteiger partial charge in [0.05, 0.1) is 17.2 Å². The quantitative estimate of drug-likeness (QED) is 0.371. The number of nitrogens with one attached hydrogen (secondary N) is 1. The van der Waals surface area contributed by atoms with Crippen molar-refractivity contribution in [2.24, 2.45) is 0 Å². The molecule has 2 heterocycles. The van der Waals surface area contributed by atoms with Crippen LogP contribution in [-0.4, -0.2) is 31.5 Å². The molecule has 1 aliphatic rings. The number of carboxylic acids is 1. The van der Waals surface area contributed by atoms with Crippen LogP contribution in [0.3, 0.4) is 0 Å². The number of benzene rings is 2. The molecule has 2 N–H and O–H groups in total. The Balaban J connectivity index is 1.77. The number of carbonyl (C=O) groups is 1. The van der Waals surface area contributed by atoms with Gasteiger partial charge in [-0.25, -0.2) is 13.6 Å². The molecular formula is C26H27F2N3O2. The van der Waals surface area contributed by atoms with Crippen LogP contribution in [-0.2, 0) is 4.79 Å². The summed E-state index contributed by atoms with van der Waals surface area (Å²) in [5.74, 6) is -1.44. The maximum Gasteiger partial charge on any atom is 0.341 e. The molecule has 33 heavy (non-hydrogen) atoms. The fourth-order valence-electron chi connectivity index (χ4n) is 5.39. The zero-order valence-corrected chi connectivity index (χ0v) is 19.0. The molecule has 5 nitrogen and oxygen atoms in total. The third-order valence-electron chi connectivity index (χ3n) is 7.12. The monoisotopic (exact) mass is 451 g/mol. The highest BCUT2D eigenvalue weighted by molar-refractivity contribution is 5.99. The third-order valence-corrected chi connectivity index (χ3v) is 7.12. The van der Waals surface area contributed by atoms with Crippen molar-refractivity contribution < 1.29 is 18.7 Å². The van der Waals surface area contributed by atoms with Crippen LogP contribution in [0.1, 0.15) is 68.2 Å². The fourth-order valence-corrected chi connectivity index (χ4v) is 5.39. The van der Waals surface area contributed by atoms with Crippen LogP contribution in [0.4, 0.5) is 8.78 Å². The molecule has 0 amide bonds. The molecular weight excluding hydrogens is 424 g/mol. The van der Waals surface area contributed by atoms with Gasteiger partial charge < -0.3 is 9.67 Å². The number of aromatic nitrogens is 3. The normalized spacial score (nSPS) is 21.3. The summed E-state index contributed by atoms with van der Waals surface area (Å²) in [4.78, 5) is 11.5. The van der Waals surface area contributed by atoms with Crippen molar-refractivity contribution in [3.05, 3.63) is 59.2 Å². The van der Waals surface area contributed by atoms with Crippen LogP contribution in [0.5, 0.6) is 0 Å². The van der Waals surface area contributed by atoms with E-state index in [1.54, 1.807) is 19.2 Å². The number of aryl methyl sites for hydroxylation is 1. The van der Waals surface area contributed by atoms with E-state index in [2.05, 4.69) is 40.7 Å². The zero-order valence-electron chi connectivity index (χ0n) is 19.0. The Bertz CT molecular complexity index is 1380. The summed E-state index contributed by atoms with van der Waals surface area (Å²) in [5, 5.41) is 18.6. The van der Waals surface area contributed by atoms with E-state index >= 15 is 0 Å². The molecule has 0 unspecified atom stereocenters. The average Bonchev–Trinajstić information content (AvgIpc) is 3.36. The topological polar surface area (TPSA) is 70.9 Å². The van der Waals surface area contributed by atoms with Crippen LogP contribution in [0, 0.1) is 12.7 Å². The van der Waals surface area contributed by atoms with Gasteiger partial charge in [-0.3, -0.25) is 5.10 Å². The second-order valence-corrected chi connectivity index (χ2v) is 9.59. The molecule has 4 aromatic rings. The minimum Gasteiger partial charge on any atom is -0.479 e. The van der Waals surface area contributed by atoms with E-state index in [0.29, 0.717) is 18.4 Å². The van der Waals surface area contributed by atoms with E-state index in [-0.39, 0.29) is 30.5 Å². The van der Waals surface area contributed by atoms with Gasteiger partial charge in [0.15, 0.2) is 0 Å². The summed E-state index contributed by atoms with van der Waals surface area (Å²) in [7, 11) is 0. The number of halogens is 2. The first-order valence-corrected chi connectivity index (χ1v) is 11.4. The predicted octanol–water partition coefficient (Wildman–Crippen LogP) is 6.53. The molecule has 5 rings (SSSR count). The number of alkyl halides is 1. The molecule has 2 aromatic carbocycles. The second kappa shape index (κ2) is 7.68. The minimum absolute atomic E-state index is 0.000827. The predicted molar refractivity (Wildman–Crippen MR) is 124 cm³/mol. The highest BCUT2D eigenvalue weighted by Gasteiger charge is 2.43. The van der Waals surface area contributed by atoms with Gasteiger partial charge in [0.25, 0.3) is 0 Å². The Labute approximate surface area is 190 Å². The van der Waals surface area contributed by atoms with Crippen LogP contribution in [0.2, 0.25) is 0 Å². The van der Waals surface area contributed by atoms with Crippen molar-refractivity contribution in [3.63, 3.8) is 0 Å². The van der Waals surface area contributed by atoms with Gasteiger partial charge >= 0.3 is 5.97 Å². The first-order valence-electron chi connectivity index (χ1n) is 11.4. The zero-order chi connectivity index (χ0) is 23.5. The Morgan fingerprint density at radius 2 is 1.97 bits per heavy atom. The summed E-state index contributed by atoms with van der Waals surface area (Å²) >= 11 is 0. The van der Waals surface area contributed by atoms with E-state index in [1.165, 1.54) is 6.07 Å². The molecule has 172 valence electrons. The fraction of sp³-hybridized carbons (Fsp3) is 0.385. The van der Waals surface area contributed by atoms with E-state index in [0.717, 1.165) is 38.8 Å². The van der Waals surface area contributed by atoms with Crippen LogP contribution in [0.25, 0.3) is 27.5 Å². The van der Waals surface area contributed by atoms with Crippen LogP contribution in [0.15, 0.2) is 36.5 Å². The van der Waals surface area contributed by atoms with Gasteiger partial charge in [-0.2, -0.15) is 5.10 Å². The molecule has 0 saturated heterocycles. The molecule has 0 bridgehead atoms. The number of nitrogens with zero attached hydrogens (tertiary/aromatic N) is 2. The number of hydrogen-bond donors (Lipinski definition) is 2. The number of rotatable bonds is 4. The molecule has 1 fully saturated rings. The van der Waals surface area contributed by atoms with Crippen molar-refractivity contribution in [2.45, 2.75) is 64.0 Å². The molecule has 0 aliphatic heterocycles. The molecule has 1 aliphatic carbocycles. The van der Waals surface area contributed by atoms with E-state index in [1.807, 2.05) is 6.07 Å². The summed E-state index contributed by atoms with van der Waals surface area (Å²) < 4.78 is 31.1. The van der Waals surface area contributed by atoms with Crippen molar-refractivity contribution in [3.8, 4) is 5.69 Å². The number of H-pyrrole nitrogens is 1. The van der Waals surface area contributed by atoms with Crippen molar-refractivity contribution in [2.75, 3.05) is 0 Å². The lowest BCUT2D eigenvalue weighted by molar-refractivity contribution is -0.153. The van der Waals surface area contributed by atoms with Gasteiger partial charge in [-0.05, 0) is 85.9 Å². The molecule has 1 saturated carbocycles. The highest BCUT2D eigenvalue weighted by atomic mass is 19.1. The summed E-state index contributed by atoms with van der Waals surface area (Å²) in [6.45, 7) is 6.00. The number of hydrogen-bond acceptors (Lipinski definition) is 2. The van der Waals surface area contributed by atoms with E-state index in [4.69, 9.17) is 0 Å². The maximum atomic E-state index is 14.8. The number of fused-ring (bicyclic) bond motifs is 2. The van der Waals surface area contributed by atoms with Gasteiger partial charge in [0, 0.05) is 22.2 Å². The van der Waals surface area contributed by atoms with Gasteiger partial charge in [-0.15, -0.1) is 0 Å². The SMILES string of the molecule is Cc1cc(-n2c(C(C)C)c([C@H]3CC[C@](F)(C(=O)O)CC3)c3cc4[nH]ncc4cc32)ccc1F. The maximum absolute atomic E-state index is 14.8. The first-order chi connectivity index (χ1) is 15.7. The summed E-state index contributed by atoms with van der Waals surface area (Å²) in [6, 6.07) is 9.29. The van der Waals surface area contributed by atoms with Crippen LogP contribution < -0.4 is 0 Å². The minimum atomic E-state index is -2.16. The standard InChI is InChI=1S/C26H27F2N3O2/c1-14(2)24-23(16-6-8-26(28,9-7-16)25(32)33)19-12-21-17(13-29-30-21)11-22(19)31(24)18-4-5-20(27)15(3)10-18/h4-5,10-14,16H,6-9H2,1-3H3,(H,29,30)(H,32,33)/t16-,26+. The highest BCUT2D eigenvalue weighted by Crippen LogP contribution is 2.47. The number of carboxylic acid groups (broad SMARTS) is 1. The van der Waals surface area contributed by atoms with Gasteiger partial charge in [0.2, 0.25) is 5.67 Å². The average molecular weight is 452 g/mol. The lowest BCUT2D eigenvalue weighted by Gasteiger charge is -2.32.